The SMILES string of the molecule is NCCCCC(NCc1ccccc1)c1ncc(-c2ccccc2)[nH]1. The summed E-state index contributed by atoms with van der Waals surface area (Å²) in [4.78, 5) is 8.12. The number of hydrogen-bond donors (Lipinski definition) is 3. The van der Waals surface area contributed by atoms with E-state index in [2.05, 4.69) is 51.7 Å². The first-order valence-electron chi connectivity index (χ1n) is 8.94. The van der Waals surface area contributed by atoms with E-state index in [4.69, 9.17) is 5.73 Å². The van der Waals surface area contributed by atoms with Gasteiger partial charge in [-0.3, -0.25) is 0 Å². The smallest absolute Gasteiger partial charge is 0.123 e. The average Bonchev–Trinajstić information content (AvgIpc) is 3.16. The Kier molecular flexibility index (Phi) is 6.37. The van der Waals surface area contributed by atoms with Crippen LogP contribution in [-0.2, 0) is 6.54 Å². The molecule has 0 aliphatic heterocycles. The van der Waals surface area contributed by atoms with Gasteiger partial charge in [0, 0.05) is 6.54 Å². The molecule has 0 aliphatic rings. The van der Waals surface area contributed by atoms with Gasteiger partial charge in [-0.1, -0.05) is 67.1 Å². The highest BCUT2D eigenvalue weighted by Crippen LogP contribution is 2.22. The van der Waals surface area contributed by atoms with E-state index in [1.807, 2.05) is 30.5 Å². The molecule has 3 rings (SSSR count). The van der Waals surface area contributed by atoms with Crippen molar-refractivity contribution in [2.75, 3.05) is 6.54 Å². The zero-order chi connectivity index (χ0) is 17.3. The number of hydrogen-bond acceptors (Lipinski definition) is 3. The molecule has 0 radical (unpaired) electrons. The van der Waals surface area contributed by atoms with Crippen molar-refractivity contribution in [2.24, 2.45) is 5.73 Å². The number of unbranched alkanes of at least 4 members (excludes halogenated alkanes) is 1. The van der Waals surface area contributed by atoms with Gasteiger partial charge in [0.1, 0.15) is 5.82 Å². The minimum atomic E-state index is 0.198. The minimum Gasteiger partial charge on any atom is -0.341 e. The van der Waals surface area contributed by atoms with Gasteiger partial charge in [-0.05, 0) is 30.5 Å². The van der Waals surface area contributed by atoms with Crippen LogP contribution in [0.4, 0.5) is 0 Å². The first-order valence-corrected chi connectivity index (χ1v) is 8.94. The van der Waals surface area contributed by atoms with Crippen LogP contribution in [0.3, 0.4) is 0 Å². The van der Waals surface area contributed by atoms with Crippen molar-refractivity contribution in [3.8, 4) is 11.3 Å². The molecule has 1 heterocycles. The fraction of sp³-hybridized carbons (Fsp3) is 0.286. The maximum absolute atomic E-state index is 5.65. The Bertz CT molecular complexity index is 737. The van der Waals surface area contributed by atoms with Crippen molar-refractivity contribution in [1.82, 2.24) is 15.3 Å². The van der Waals surface area contributed by atoms with Crippen LogP contribution in [0.1, 0.15) is 36.7 Å². The number of nitrogens with one attached hydrogen (secondary N) is 2. The number of aromatic nitrogens is 2. The molecule has 4 heteroatoms. The van der Waals surface area contributed by atoms with Crippen molar-refractivity contribution in [3.63, 3.8) is 0 Å². The third-order valence-corrected chi connectivity index (χ3v) is 4.35. The predicted molar refractivity (Wildman–Crippen MR) is 103 cm³/mol. The van der Waals surface area contributed by atoms with Crippen molar-refractivity contribution in [2.45, 2.75) is 31.8 Å². The molecule has 0 saturated heterocycles. The first kappa shape index (κ1) is 17.4. The van der Waals surface area contributed by atoms with Gasteiger partial charge >= 0.3 is 0 Å². The van der Waals surface area contributed by atoms with Crippen molar-refractivity contribution in [3.05, 3.63) is 78.2 Å². The molecule has 2 aromatic carbocycles. The average molecular weight is 334 g/mol. The fourth-order valence-electron chi connectivity index (χ4n) is 2.94. The zero-order valence-corrected chi connectivity index (χ0v) is 14.5. The number of benzene rings is 2. The number of nitrogens with zero attached hydrogens (tertiary/aromatic N) is 1. The van der Waals surface area contributed by atoms with Gasteiger partial charge in [0.15, 0.2) is 0 Å². The number of rotatable bonds is 9. The van der Waals surface area contributed by atoms with Gasteiger partial charge in [0.25, 0.3) is 0 Å². The summed E-state index contributed by atoms with van der Waals surface area (Å²) < 4.78 is 0. The number of imidazole rings is 1. The Morgan fingerprint density at radius 2 is 1.68 bits per heavy atom. The Labute approximate surface area is 149 Å². The molecule has 0 spiro atoms. The molecule has 0 amide bonds. The Morgan fingerprint density at radius 3 is 2.40 bits per heavy atom. The topological polar surface area (TPSA) is 66.7 Å². The molecule has 0 fully saturated rings. The molecule has 0 saturated carbocycles. The molecular formula is C21H26N4. The third kappa shape index (κ3) is 5.02. The summed E-state index contributed by atoms with van der Waals surface area (Å²) in [5.41, 5.74) is 9.15. The molecule has 4 nitrogen and oxygen atoms in total. The maximum Gasteiger partial charge on any atom is 0.123 e. The molecular weight excluding hydrogens is 308 g/mol. The third-order valence-electron chi connectivity index (χ3n) is 4.35. The van der Waals surface area contributed by atoms with E-state index in [9.17, 15) is 0 Å². The van der Waals surface area contributed by atoms with Gasteiger partial charge in [0.05, 0.1) is 17.9 Å². The molecule has 25 heavy (non-hydrogen) atoms. The van der Waals surface area contributed by atoms with Crippen molar-refractivity contribution < 1.29 is 0 Å². The summed E-state index contributed by atoms with van der Waals surface area (Å²) in [5, 5.41) is 3.64. The Morgan fingerprint density at radius 1 is 0.960 bits per heavy atom. The zero-order valence-electron chi connectivity index (χ0n) is 14.5. The van der Waals surface area contributed by atoms with Gasteiger partial charge in [-0.15, -0.1) is 0 Å². The lowest BCUT2D eigenvalue weighted by Gasteiger charge is -2.17. The molecule has 3 aromatic rings. The van der Waals surface area contributed by atoms with Crippen LogP contribution < -0.4 is 11.1 Å². The summed E-state index contributed by atoms with van der Waals surface area (Å²) in [6.45, 7) is 1.56. The summed E-state index contributed by atoms with van der Waals surface area (Å²) in [6, 6.07) is 21.0. The lowest BCUT2D eigenvalue weighted by molar-refractivity contribution is 0.460. The summed E-state index contributed by atoms with van der Waals surface area (Å²) in [6.07, 6.45) is 5.07. The highest BCUT2D eigenvalue weighted by Gasteiger charge is 2.15. The van der Waals surface area contributed by atoms with Crippen LogP contribution in [0.2, 0.25) is 0 Å². The molecule has 1 unspecified atom stereocenters. The summed E-state index contributed by atoms with van der Waals surface area (Å²) >= 11 is 0. The first-order chi connectivity index (χ1) is 12.4. The van der Waals surface area contributed by atoms with E-state index >= 15 is 0 Å². The highest BCUT2D eigenvalue weighted by molar-refractivity contribution is 5.58. The van der Waals surface area contributed by atoms with Gasteiger partial charge in [-0.2, -0.15) is 0 Å². The van der Waals surface area contributed by atoms with Crippen LogP contribution in [0.15, 0.2) is 66.9 Å². The van der Waals surface area contributed by atoms with Crippen LogP contribution in [0.5, 0.6) is 0 Å². The lowest BCUT2D eigenvalue weighted by Crippen LogP contribution is -2.22. The highest BCUT2D eigenvalue weighted by atomic mass is 15.0. The van der Waals surface area contributed by atoms with Crippen molar-refractivity contribution >= 4 is 0 Å². The Hall–Kier alpha value is -2.43. The number of aromatic amines is 1. The second kappa shape index (κ2) is 9.16. The second-order valence-electron chi connectivity index (χ2n) is 6.25. The van der Waals surface area contributed by atoms with Gasteiger partial charge in [-0.25, -0.2) is 4.98 Å². The van der Waals surface area contributed by atoms with Crippen LogP contribution in [0, 0.1) is 0 Å². The maximum atomic E-state index is 5.65. The number of H-pyrrole nitrogens is 1. The van der Waals surface area contributed by atoms with E-state index in [1.54, 1.807) is 0 Å². The Balaban J connectivity index is 1.71. The van der Waals surface area contributed by atoms with E-state index in [0.29, 0.717) is 0 Å². The summed E-state index contributed by atoms with van der Waals surface area (Å²) in [5.74, 6) is 0.992. The van der Waals surface area contributed by atoms with E-state index in [-0.39, 0.29) is 6.04 Å². The van der Waals surface area contributed by atoms with Crippen LogP contribution >= 0.6 is 0 Å². The molecule has 4 N–H and O–H groups in total. The summed E-state index contributed by atoms with van der Waals surface area (Å²) in [7, 11) is 0. The quantitative estimate of drug-likeness (QED) is 0.517. The van der Waals surface area contributed by atoms with E-state index in [0.717, 1.165) is 49.4 Å². The predicted octanol–water partition coefficient (Wildman–Crippen LogP) is 4.04. The lowest BCUT2D eigenvalue weighted by atomic mass is 10.1. The molecule has 0 aliphatic carbocycles. The van der Waals surface area contributed by atoms with Crippen LogP contribution in [-0.4, -0.2) is 16.5 Å². The molecule has 1 atom stereocenters. The fourth-order valence-corrected chi connectivity index (χ4v) is 2.94. The number of nitrogens with two attached hydrogens (primary N) is 1. The molecule has 0 bridgehead atoms. The molecule has 1 aromatic heterocycles. The van der Waals surface area contributed by atoms with Gasteiger partial charge < -0.3 is 16.0 Å². The van der Waals surface area contributed by atoms with E-state index in [1.165, 1.54) is 5.56 Å². The van der Waals surface area contributed by atoms with Crippen LogP contribution in [0.25, 0.3) is 11.3 Å². The normalized spacial score (nSPS) is 12.2. The standard InChI is InChI=1S/C21H26N4/c22-14-8-7-13-19(23-15-17-9-3-1-4-10-17)21-24-16-20(25-21)18-11-5-2-6-12-18/h1-6,9-12,16,19,23H,7-8,13-15,22H2,(H,24,25). The second-order valence-corrected chi connectivity index (χ2v) is 6.25. The minimum absolute atomic E-state index is 0.198. The molecule has 130 valence electrons. The monoisotopic (exact) mass is 334 g/mol. The largest absolute Gasteiger partial charge is 0.341 e. The van der Waals surface area contributed by atoms with Gasteiger partial charge in [0.2, 0.25) is 0 Å². The van der Waals surface area contributed by atoms with E-state index < -0.39 is 0 Å². The van der Waals surface area contributed by atoms with Crippen molar-refractivity contribution in [1.29, 1.82) is 0 Å².